The molecule has 1 amide bonds. The first-order valence-electron chi connectivity index (χ1n) is 2.90. The highest BCUT2D eigenvalue weighted by molar-refractivity contribution is 7.59. The van der Waals surface area contributed by atoms with Crippen LogP contribution in [-0.4, -0.2) is 5.91 Å². The SMILES string of the molecule is NC(=O)C1=CC=CC=CN1.S. The Labute approximate surface area is 72.1 Å². The van der Waals surface area contributed by atoms with Gasteiger partial charge in [0.1, 0.15) is 5.70 Å². The molecule has 60 valence electrons. The number of nitrogens with two attached hydrogens (primary N) is 1. The van der Waals surface area contributed by atoms with E-state index in [-0.39, 0.29) is 13.5 Å². The fourth-order valence-corrected chi connectivity index (χ4v) is 0.611. The Kier molecular flexibility index (Phi) is 4.14. The van der Waals surface area contributed by atoms with Crippen LogP contribution in [0.5, 0.6) is 0 Å². The van der Waals surface area contributed by atoms with E-state index in [1.807, 2.05) is 6.08 Å². The largest absolute Gasteiger partial charge is 0.364 e. The summed E-state index contributed by atoms with van der Waals surface area (Å²) in [6.07, 6.45) is 8.62. The zero-order valence-electron chi connectivity index (χ0n) is 5.87. The van der Waals surface area contributed by atoms with Gasteiger partial charge in [-0.05, 0) is 12.2 Å². The lowest BCUT2D eigenvalue weighted by Gasteiger charge is -1.97. The summed E-state index contributed by atoms with van der Waals surface area (Å²) in [7, 11) is 0. The van der Waals surface area contributed by atoms with Crippen molar-refractivity contribution in [2.45, 2.75) is 0 Å². The van der Waals surface area contributed by atoms with Crippen molar-refractivity contribution in [3.63, 3.8) is 0 Å². The number of hydrogen-bond acceptors (Lipinski definition) is 2. The third kappa shape index (κ3) is 2.95. The van der Waals surface area contributed by atoms with Gasteiger partial charge >= 0.3 is 0 Å². The van der Waals surface area contributed by atoms with Crippen LogP contribution in [0.25, 0.3) is 0 Å². The molecule has 0 aromatic heterocycles. The van der Waals surface area contributed by atoms with Crippen molar-refractivity contribution in [3.05, 3.63) is 36.2 Å². The molecule has 0 unspecified atom stereocenters. The van der Waals surface area contributed by atoms with E-state index in [1.165, 1.54) is 0 Å². The van der Waals surface area contributed by atoms with Gasteiger partial charge in [-0.2, -0.15) is 13.5 Å². The van der Waals surface area contributed by atoms with Gasteiger partial charge in [0, 0.05) is 6.20 Å². The molecule has 0 aliphatic carbocycles. The van der Waals surface area contributed by atoms with E-state index in [4.69, 9.17) is 5.73 Å². The molecule has 0 bridgehead atoms. The molecular formula is C7H10N2OS. The van der Waals surface area contributed by atoms with Crippen LogP contribution in [0.15, 0.2) is 36.2 Å². The van der Waals surface area contributed by atoms with Crippen LogP contribution >= 0.6 is 13.5 Å². The summed E-state index contributed by atoms with van der Waals surface area (Å²) in [6, 6.07) is 0. The van der Waals surface area contributed by atoms with Crippen molar-refractivity contribution in [3.8, 4) is 0 Å². The zero-order valence-corrected chi connectivity index (χ0v) is 6.87. The van der Waals surface area contributed by atoms with Crippen molar-refractivity contribution < 1.29 is 4.79 Å². The fraction of sp³-hybridized carbons (Fsp3) is 0. The van der Waals surface area contributed by atoms with E-state index < -0.39 is 5.91 Å². The van der Waals surface area contributed by atoms with Gasteiger partial charge in [-0.1, -0.05) is 12.2 Å². The Morgan fingerprint density at radius 1 is 1.36 bits per heavy atom. The van der Waals surface area contributed by atoms with E-state index in [0.29, 0.717) is 5.70 Å². The number of primary amides is 1. The van der Waals surface area contributed by atoms with Gasteiger partial charge < -0.3 is 11.1 Å². The number of carbonyl (C=O) groups is 1. The summed E-state index contributed by atoms with van der Waals surface area (Å²) >= 11 is 0. The maximum Gasteiger partial charge on any atom is 0.265 e. The average Bonchev–Trinajstić information content (AvgIpc) is 2.12. The Bertz CT molecular complexity index is 231. The van der Waals surface area contributed by atoms with Crippen molar-refractivity contribution in [2.75, 3.05) is 0 Å². The van der Waals surface area contributed by atoms with Crippen LogP contribution < -0.4 is 11.1 Å². The molecule has 3 nitrogen and oxygen atoms in total. The highest BCUT2D eigenvalue weighted by atomic mass is 32.1. The van der Waals surface area contributed by atoms with Crippen LogP contribution in [0.3, 0.4) is 0 Å². The van der Waals surface area contributed by atoms with Gasteiger partial charge in [-0.15, -0.1) is 0 Å². The molecule has 0 saturated heterocycles. The third-order valence-electron chi connectivity index (χ3n) is 1.09. The van der Waals surface area contributed by atoms with E-state index in [9.17, 15) is 4.79 Å². The Morgan fingerprint density at radius 2 is 2.09 bits per heavy atom. The smallest absolute Gasteiger partial charge is 0.265 e. The van der Waals surface area contributed by atoms with Gasteiger partial charge in [0.2, 0.25) is 0 Å². The topological polar surface area (TPSA) is 55.1 Å². The summed E-state index contributed by atoms with van der Waals surface area (Å²) in [4.78, 5) is 10.5. The van der Waals surface area contributed by atoms with Crippen LogP contribution in [-0.2, 0) is 4.79 Å². The molecule has 1 rings (SSSR count). The van der Waals surface area contributed by atoms with Crippen molar-refractivity contribution in [1.29, 1.82) is 0 Å². The normalized spacial score (nSPS) is 14.0. The minimum absolute atomic E-state index is 0. The summed E-state index contributed by atoms with van der Waals surface area (Å²) < 4.78 is 0. The molecule has 3 N–H and O–H groups in total. The molecule has 1 aliphatic heterocycles. The second-order valence-corrected chi connectivity index (χ2v) is 1.83. The summed E-state index contributed by atoms with van der Waals surface area (Å²) in [5, 5.41) is 2.72. The molecular weight excluding hydrogens is 160 g/mol. The van der Waals surface area contributed by atoms with Gasteiger partial charge in [0.15, 0.2) is 0 Å². The number of amides is 1. The van der Waals surface area contributed by atoms with E-state index in [0.717, 1.165) is 0 Å². The van der Waals surface area contributed by atoms with Gasteiger partial charge in [0.05, 0.1) is 0 Å². The molecule has 0 fully saturated rings. The van der Waals surface area contributed by atoms with Crippen molar-refractivity contribution in [1.82, 2.24) is 5.32 Å². The van der Waals surface area contributed by atoms with Crippen LogP contribution in [0.2, 0.25) is 0 Å². The van der Waals surface area contributed by atoms with Crippen LogP contribution in [0.1, 0.15) is 0 Å². The zero-order chi connectivity index (χ0) is 7.40. The number of nitrogens with one attached hydrogen (secondary N) is 1. The van der Waals surface area contributed by atoms with E-state index in [1.54, 1.807) is 24.4 Å². The molecule has 0 saturated carbocycles. The lowest BCUT2D eigenvalue weighted by molar-refractivity contribution is -0.114. The van der Waals surface area contributed by atoms with Crippen molar-refractivity contribution >= 4 is 19.4 Å². The Balaban J connectivity index is 0.000001000. The predicted octanol–water partition coefficient (Wildman–Crippen LogP) is 0.142. The molecule has 0 aromatic carbocycles. The minimum atomic E-state index is -0.448. The molecule has 0 radical (unpaired) electrons. The summed E-state index contributed by atoms with van der Waals surface area (Å²) in [5.41, 5.74) is 5.41. The highest BCUT2D eigenvalue weighted by Crippen LogP contribution is 1.93. The van der Waals surface area contributed by atoms with E-state index >= 15 is 0 Å². The molecule has 1 heterocycles. The lowest BCUT2D eigenvalue weighted by Crippen LogP contribution is -2.22. The number of allylic oxidation sites excluding steroid dienone is 4. The Hall–Kier alpha value is -1.16. The third-order valence-corrected chi connectivity index (χ3v) is 1.09. The molecule has 11 heavy (non-hydrogen) atoms. The lowest BCUT2D eigenvalue weighted by atomic mass is 10.4. The first-order chi connectivity index (χ1) is 4.80. The summed E-state index contributed by atoms with van der Waals surface area (Å²) in [6.45, 7) is 0. The summed E-state index contributed by atoms with van der Waals surface area (Å²) in [5.74, 6) is -0.448. The molecule has 4 heteroatoms. The molecule has 0 spiro atoms. The maximum absolute atomic E-state index is 10.5. The van der Waals surface area contributed by atoms with Gasteiger partial charge in [-0.25, -0.2) is 0 Å². The van der Waals surface area contributed by atoms with Gasteiger partial charge in [0.25, 0.3) is 5.91 Å². The monoisotopic (exact) mass is 170 g/mol. The molecule has 0 atom stereocenters. The van der Waals surface area contributed by atoms with Crippen LogP contribution in [0, 0.1) is 0 Å². The van der Waals surface area contributed by atoms with Crippen molar-refractivity contribution in [2.24, 2.45) is 5.73 Å². The van der Waals surface area contributed by atoms with Gasteiger partial charge in [-0.3, -0.25) is 4.79 Å². The maximum atomic E-state index is 10.5. The standard InChI is InChI=1S/C7H8N2O.H2S/c8-7(10)6-4-2-1-3-5-9-6;/h1-5,9H,(H2,8,10);1H2. The number of rotatable bonds is 1. The first-order valence-corrected chi connectivity index (χ1v) is 2.90. The predicted molar refractivity (Wildman–Crippen MR) is 49.1 cm³/mol. The first kappa shape index (κ1) is 9.84. The molecule has 1 aliphatic rings. The second-order valence-electron chi connectivity index (χ2n) is 1.83. The second kappa shape index (κ2) is 4.62. The average molecular weight is 170 g/mol. The minimum Gasteiger partial charge on any atom is -0.364 e. The van der Waals surface area contributed by atoms with Crippen LogP contribution in [0.4, 0.5) is 0 Å². The quantitative estimate of drug-likeness (QED) is 0.588. The Morgan fingerprint density at radius 3 is 2.73 bits per heavy atom. The number of carbonyl (C=O) groups excluding carboxylic acids is 1. The highest BCUT2D eigenvalue weighted by Gasteiger charge is 1.99. The fourth-order valence-electron chi connectivity index (χ4n) is 0.611. The molecule has 0 aromatic rings. The van der Waals surface area contributed by atoms with E-state index in [2.05, 4.69) is 5.32 Å². The number of hydrogen-bond donors (Lipinski definition) is 2.